The van der Waals surface area contributed by atoms with E-state index in [2.05, 4.69) is 22.3 Å². The van der Waals surface area contributed by atoms with E-state index in [1.54, 1.807) is 0 Å². The van der Waals surface area contributed by atoms with Crippen LogP contribution in [0.25, 0.3) is 0 Å². The number of nitrogens with zero attached hydrogens (tertiary/aromatic N) is 3. The van der Waals surface area contributed by atoms with Crippen molar-refractivity contribution in [3.63, 3.8) is 0 Å². The van der Waals surface area contributed by atoms with Gasteiger partial charge in [-0.15, -0.1) is 0 Å². The van der Waals surface area contributed by atoms with Crippen molar-refractivity contribution in [2.45, 2.75) is 31.7 Å². The molecular formula is C23H28N4O2. The monoisotopic (exact) mass is 392 g/mol. The summed E-state index contributed by atoms with van der Waals surface area (Å²) < 4.78 is 0. The highest BCUT2D eigenvalue weighted by molar-refractivity contribution is 6.23. The van der Waals surface area contributed by atoms with Crippen LogP contribution in [-0.2, 0) is 9.59 Å². The van der Waals surface area contributed by atoms with Crippen molar-refractivity contribution in [3.8, 4) is 0 Å². The Labute approximate surface area is 172 Å². The zero-order valence-corrected chi connectivity index (χ0v) is 17.1. The number of amides is 2. The van der Waals surface area contributed by atoms with Crippen LogP contribution in [-0.4, -0.2) is 45.0 Å². The molecule has 0 aliphatic carbocycles. The fourth-order valence-corrected chi connectivity index (χ4v) is 4.04. The van der Waals surface area contributed by atoms with E-state index in [9.17, 15) is 9.59 Å². The van der Waals surface area contributed by atoms with E-state index < -0.39 is 6.04 Å². The van der Waals surface area contributed by atoms with E-state index in [0.29, 0.717) is 5.69 Å². The minimum absolute atomic E-state index is 0.169. The number of carbonyl (C=O) groups excluding carboxylic acids is 2. The van der Waals surface area contributed by atoms with Crippen molar-refractivity contribution in [1.82, 2.24) is 0 Å². The third-order valence-electron chi connectivity index (χ3n) is 5.70. The van der Waals surface area contributed by atoms with Crippen LogP contribution in [0.3, 0.4) is 0 Å². The summed E-state index contributed by atoms with van der Waals surface area (Å²) in [5, 5.41) is 3.24. The van der Waals surface area contributed by atoms with Crippen LogP contribution in [0.2, 0.25) is 0 Å². The fourth-order valence-electron chi connectivity index (χ4n) is 4.04. The zero-order valence-electron chi connectivity index (χ0n) is 17.1. The van der Waals surface area contributed by atoms with Crippen molar-refractivity contribution in [3.05, 3.63) is 48.5 Å². The van der Waals surface area contributed by atoms with E-state index in [1.165, 1.54) is 29.8 Å². The summed E-state index contributed by atoms with van der Waals surface area (Å²) >= 11 is 0. The number of hydrogen-bond acceptors (Lipinski definition) is 5. The quantitative estimate of drug-likeness (QED) is 0.790. The number of benzene rings is 2. The molecule has 2 amide bonds. The standard InChI is InChI=1S/C23H28N4O2/c1-25(2)18-10-12-20(13-11-18)27-22(28)16-21(23(27)29)24-17-6-8-19(9-7-17)26-14-4-3-5-15-26/h6-13,21,24H,3-5,14-16H2,1-2H3/t21-/m1/s1. The van der Waals surface area contributed by atoms with Crippen molar-refractivity contribution in [2.24, 2.45) is 0 Å². The maximum atomic E-state index is 12.9. The highest BCUT2D eigenvalue weighted by atomic mass is 16.2. The molecular weight excluding hydrogens is 364 g/mol. The first kappa shape index (κ1) is 19.3. The number of carbonyl (C=O) groups is 2. The SMILES string of the molecule is CN(C)c1ccc(N2C(=O)C[C@@H](Nc3ccc(N4CCCCC4)cc3)C2=O)cc1. The molecule has 152 valence electrons. The Morgan fingerprint density at radius 2 is 1.48 bits per heavy atom. The van der Waals surface area contributed by atoms with Gasteiger partial charge in [0, 0.05) is 44.2 Å². The van der Waals surface area contributed by atoms with Gasteiger partial charge in [0.05, 0.1) is 12.1 Å². The molecule has 0 aromatic heterocycles. The van der Waals surface area contributed by atoms with Gasteiger partial charge in [-0.1, -0.05) is 0 Å². The zero-order chi connectivity index (χ0) is 20.4. The first-order valence-electron chi connectivity index (χ1n) is 10.3. The molecule has 6 nitrogen and oxygen atoms in total. The molecule has 29 heavy (non-hydrogen) atoms. The molecule has 0 saturated carbocycles. The molecule has 0 unspecified atom stereocenters. The highest BCUT2D eigenvalue weighted by Gasteiger charge is 2.39. The molecule has 2 aliphatic rings. The number of piperidine rings is 1. The second-order valence-corrected chi connectivity index (χ2v) is 7.97. The molecule has 2 heterocycles. The van der Waals surface area contributed by atoms with Crippen LogP contribution in [0.4, 0.5) is 22.7 Å². The summed E-state index contributed by atoms with van der Waals surface area (Å²) in [5.74, 6) is -0.372. The predicted octanol–water partition coefficient (Wildman–Crippen LogP) is 3.49. The van der Waals surface area contributed by atoms with Crippen LogP contribution in [0.15, 0.2) is 48.5 Å². The second kappa shape index (κ2) is 8.15. The first-order chi connectivity index (χ1) is 14.0. The summed E-state index contributed by atoms with van der Waals surface area (Å²) in [6.45, 7) is 2.20. The molecule has 6 heteroatoms. The minimum Gasteiger partial charge on any atom is -0.378 e. The maximum Gasteiger partial charge on any atom is 0.256 e. The van der Waals surface area contributed by atoms with Gasteiger partial charge in [0.15, 0.2) is 0 Å². The van der Waals surface area contributed by atoms with Gasteiger partial charge in [0.1, 0.15) is 6.04 Å². The van der Waals surface area contributed by atoms with Crippen LogP contribution < -0.4 is 20.0 Å². The maximum absolute atomic E-state index is 12.9. The molecule has 4 rings (SSSR count). The van der Waals surface area contributed by atoms with Crippen LogP contribution >= 0.6 is 0 Å². The largest absolute Gasteiger partial charge is 0.378 e. The number of nitrogens with one attached hydrogen (secondary N) is 1. The van der Waals surface area contributed by atoms with E-state index in [0.717, 1.165) is 24.5 Å². The Balaban J connectivity index is 1.43. The predicted molar refractivity (Wildman–Crippen MR) is 118 cm³/mol. The highest BCUT2D eigenvalue weighted by Crippen LogP contribution is 2.28. The molecule has 0 radical (unpaired) electrons. The number of anilines is 4. The lowest BCUT2D eigenvalue weighted by molar-refractivity contribution is -0.121. The van der Waals surface area contributed by atoms with Gasteiger partial charge in [-0.05, 0) is 67.8 Å². The molecule has 0 spiro atoms. The fraction of sp³-hybridized carbons (Fsp3) is 0.391. The molecule has 2 aliphatic heterocycles. The van der Waals surface area contributed by atoms with Crippen molar-refractivity contribution < 1.29 is 9.59 Å². The van der Waals surface area contributed by atoms with Crippen molar-refractivity contribution >= 4 is 34.6 Å². The van der Waals surface area contributed by atoms with Gasteiger partial charge in [-0.25, -0.2) is 4.90 Å². The Hall–Kier alpha value is -3.02. The molecule has 2 aromatic carbocycles. The Morgan fingerprint density at radius 1 is 0.862 bits per heavy atom. The lowest BCUT2D eigenvalue weighted by Crippen LogP contribution is -2.34. The van der Waals surface area contributed by atoms with Crippen LogP contribution in [0.5, 0.6) is 0 Å². The van der Waals surface area contributed by atoms with Gasteiger partial charge in [0.25, 0.3) is 5.91 Å². The van der Waals surface area contributed by atoms with Crippen molar-refractivity contribution in [2.75, 3.05) is 47.2 Å². The van der Waals surface area contributed by atoms with Gasteiger partial charge in [-0.2, -0.15) is 0 Å². The van der Waals surface area contributed by atoms with Crippen molar-refractivity contribution in [1.29, 1.82) is 0 Å². The molecule has 0 bridgehead atoms. The van der Waals surface area contributed by atoms with Gasteiger partial charge < -0.3 is 15.1 Å². The molecule has 1 N–H and O–H groups in total. The number of rotatable bonds is 5. The van der Waals surface area contributed by atoms with Gasteiger partial charge in [0.2, 0.25) is 5.91 Å². The van der Waals surface area contributed by atoms with E-state index in [1.807, 2.05) is 55.4 Å². The average molecular weight is 393 g/mol. The minimum atomic E-state index is -0.531. The Morgan fingerprint density at radius 3 is 2.10 bits per heavy atom. The first-order valence-corrected chi connectivity index (χ1v) is 10.3. The summed E-state index contributed by atoms with van der Waals surface area (Å²) in [6.07, 6.45) is 3.96. The van der Waals surface area contributed by atoms with E-state index in [-0.39, 0.29) is 18.2 Å². The number of hydrogen-bond donors (Lipinski definition) is 1. The molecule has 2 fully saturated rings. The Kier molecular flexibility index (Phi) is 5.43. The Bertz CT molecular complexity index is 871. The summed E-state index contributed by atoms with van der Waals surface area (Å²) in [4.78, 5) is 31.1. The van der Waals surface area contributed by atoms with Gasteiger partial charge in [-0.3, -0.25) is 9.59 Å². The second-order valence-electron chi connectivity index (χ2n) is 7.97. The molecule has 1 atom stereocenters. The number of imide groups is 1. The van der Waals surface area contributed by atoms with E-state index in [4.69, 9.17) is 0 Å². The third-order valence-corrected chi connectivity index (χ3v) is 5.70. The average Bonchev–Trinajstić information content (AvgIpc) is 3.02. The summed E-state index contributed by atoms with van der Waals surface area (Å²) in [5.41, 5.74) is 3.72. The smallest absolute Gasteiger partial charge is 0.256 e. The lowest BCUT2D eigenvalue weighted by atomic mass is 10.1. The molecule has 2 aromatic rings. The van der Waals surface area contributed by atoms with E-state index >= 15 is 0 Å². The van der Waals surface area contributed by atoms with Crippen LogP contribution in [0.1, 0.15) is 25.7 Å². The third kappa shape index (κ3) is 4.06. The lowest BCUT2D eigenvalue weighted by Gasteiger charge is -2.29. The summed E-state index contributed by atoms with van der Waals surface area (Å²) in [6, 6.07) is 15.1. The van der Waals surface area contributed by atoms with Crippen LogP contribution in [0, 0.1) is 0 Å². The topological polar surface area (TPSA) is 55.9 Å². The van der Waals surface area contributed by atoms with Gasteiger partial charge >= 0.3 is 0 Å². The molecule has 2 saturated heterocycles. The summed E-state index contributed by atoms with van der Waals surface area (Å²) in [7, 11) is 3.91. The normalized spacial score (nSPS) is 19.6.